The van der Waals surface area contributed by atoms with E-state index in [4.69, 9.17) is 5.73 Å². The Morgan fingerprint density at radius 3 is 2.97 bits per heavy atom. The number of nitrogens with one attached hydrogen (secondary N) is 2. The van der Waals surface area contributed by atoms with Crippen LogP contribution in [0.15, 0.2) is 30.1 Å². The van der Waals surface area contributed by atoms with Gasteiger partial charge in [-0.2, -0.15) is 0 Å². The Bertz CT molecular complexity index is 907. The van der Waals surface area contributed by atoms with Crippen molar-refractivity contribution >= 4 is 27.8 Å². The number of hydrogen-bond acceptors (Lipinski definition) is 7. The van der Waals surface area contributed by atoms with Gasteiger partial charge >= 0.3 is 0 Å². The Labute approximate surface area is 171 Å². The molecule has 4 rings (SSSR count). The largest absolute Gasteiger partial charge is 0.368 e. The Balaban J connectivity index is 1.64. The first-order valence-corrected chi connectivity index (χ1v) is 10.3. The number of anilines is 1. The molecule has 0 saturated heterocycles. The average Bonchev–Trinajstić information content (AvgIpc) is 3.28. The van der Waals surface area contributed by atoms with Gasteiger partial charge in [-0.25, -0.2) is 19.2 Å². The minimum Gasteiger partial charge on any atom is -0.368 e. The molecule has 2 aliphatic heterocycles. The Morgan fingerprint density at radius 1 is 1.45 bits per heavy atom. The molecule has 7 nitrogen and oxygen atoms in total. The van der Waals surface area contributed by atoms with Gasteiger partial charge in [0, 0.05) is 44.9 Å². The van der Waals surface area contributed by atoms with E-state index in [0.29, 0.717) is 25.1 Å². The molecule has 29 heavy (non-hydrogen) atoms. The molecule has 0 radical (unpaired) electrons. The summed E-state index contributed by atoms with van der Waals surface area (Å²) in [5, 5.41) is 5.30. The molecular formula is C19H24F2N6OS. The molecule has 0 spiro atoms. The number of halogens is 2. The lowest BCUT2D eigenvalue weighted by molar-refractivity contribution is -0.0674. The summed E-state index contributed by atoms with van der Waals surface area (Å²) in [6.07, 6.45) is 8.27. The second-order valence-corrected chi connectivity index (χ2v) is 8.58. The van der Waals surface area contributed by atoms with E-state index in [9.17, 15) is 13.6 Å². The quantitative estimate of drug-likeness (QED) is 0.689. The zero-order chi connectivity index (χ0) is 20.8. The predicted molar refractivity (Wildman–Crippen MR) is 110 cm³/mol. The van der Waals surface area contributed by atoms with E-state index in [1.54, 1.807) is 0 Å². The van der Waals surface area contributed by atoms with Crippen molar-refractivity contribution in [2.45, 2.75) is 37.3 Å². The van der Waals surface area contributed by atoms with Gasteiger partial charge in [-0.3, -0.25) is 9.80 Å². The molecule has 2 atom stereocenters. The molecule has 10 heteroatoms. The number of aromatic nitrogens is 1. The maximum absolute atomic E-state index is 14.3. The highest BCUT2D eigenvalue weighted by Crippen LogP contribution is 2.37. The van der Waals surface area contributed by atoms with Crippen LogP contribution in [-0.2, 0) is 0 Å². The second-order valence-electron chi connectivity index (χ2n) is 7.60. The number of amides is 1. The molecule has 3 aliphatic rings. The molecule has 3 heterocycles. The normalized spacial score (nSPS) is 25.3. The number of allylic oxidation sites excluding steroid dienone is 3. The molecule has 4 N–H and O–H groups in total. The molecule has 1 fully saturated rings. The van der Waals surface area contributed by atoms with Crippen LogP contribution in [0.3, 0.4) is 0 Å². The van der Waals surface area contributed by atoms with Crippen LogP contribution in [0, 0.1) is 0 Å². The van der Waals surface area contributed by atoms with Crippen LogP contribution in [0.25, 0.3) is 5.57 Å². The summed E-state index contributed by atoms with van der Waals surface area (Å²) in [5.74, 6) is -3.63. The van der Waals surface area contributed by atoms with Crippen molar-refractivity contribution in [2.75, 3.05) is 25.5 Å². The summed E-state index contributed by atoms with van der Waals surface area (Å²) >= 11 is 1.19. The first kappa shape index (κ1) is 20.0. The fourth-order valence-electron chi connectivity index (χ4n) is 3.82. The summed E-state index contributed by atoms with van der Waals surface area (Å²) in [6, 6.07) is -2.15. The molecule has 1 aromatic rings. The summed E-state index contributed by atoms with van der Waals surface area (Å²) in [7, 11) is 3.73. The highest BCUT2D eigenvalue weighted by Gasteiger charge is 2.47. The van der Waals surface area contributed by atoms with Gasteiger partial charge in [-0.1, -0.05) is 17.4 Å². The number of nitrogens with two attached hydrogens (primary N) is 1. The van der Waals surface area contributed by atoms with Crippen LogP contribution in [0.5, 0.6) is 0 Å². The summed E-state index contributed by atoms with van der Waals surface area (Å²) < 4.78 is 28.6. The topological polar surface area (TPSA) is 86.5 Å². The standard InChI is InChI=1S/C19H24F2N6OS/c1-26(2)18-14(11-10-23-27-9-4-3-7-13(11)27)24-17(29-18)16(28)25-15-12(22)6-5-8-19(15,20)21/h3-4,7,9,12,15,23H,5-6,8,10,22H2,1-2H3,(H,25,28). The number of rotatable bonds is 4. The zero-order valence-electron chi connectivity index (χ0n) is 16.3. The minimum absolute atomic E-state index is 0.152. The van der Waals surface area contributed by atoms with Crippen LogP contribution >= 0.6 is 11.3 Å². The highest BCUT2D eigenvalue weighted by atomic mass is 32.1. The third kappa shape index (κ3) is 3.67. The van der Waals surface area contributed by atoms with Gasteiger partial charge in [0.2, 0.25) is 0 Å². The highest BCUT2D eigenvalue weighted by molar-refractivity contribution is 7.17. The number of alkyl halides is 2. The number of carbonyl (C=O) groups is 1. The first-order valence-electron chi connectivity index (χ1n) is 9.51. The van der Waals surface area contributed by atoms with Crippen LogP contribution in [0.1, 0.15) is 34.8 Å². The van der Waals surface area contributed by atoms with E-state index in [1.165, 1.54) is 11.3 Å². The van der Waals surface area contributed by atoms with Crippen LogP contribution in [0.2, 0.25) is 0 Å². The first-order chi connectivity index (χ1) is 13.8. The molecule has 2 unspecified atom stereocenters. The van der Waals surface area contributed by atoms with Crippen molar-refractivity contribution in [2.24, 2.45) is 5.73 Å². The van der Waals surface area contributed by atoms with Gasteiger partial charge in [-0.15, -0.1) is 0 Å². The number of hydrogen-bond donors (Lipinski definition) is 3. The van der Waals surface area contributed by atoms with Crippen LogP contribution in [0.4, 0.5) is 13.8 Å². The van der Waals surface area contributed by atoms with Gasteiger partial charge in [0.15, 0.2) is 5.01 Å². The summed E-state index contributed by atoms with van der Waals surface area (Å²) in [4.78, 5) is 19.2. The van der Waals surface area contributed by atoms with E-state index in [0.717, 1.165) is 16.3 Å². The maximum Gasteiger partial charge on any atom is 0.280 e. The lowest BCUT2D eigenvalue weighted by Gasteiger charge is -2.36. The molecule has 1 amide bonds. The Kier molecular flexibility index (Phi) is 5.18. The van der Waals surface area contributed by atoms with Gasteiger partial charge in [0.05, 0.1) is 5.70 Å². The summed E-state index contributed by atoms with van der Waals surface area (Å²) in [5.41, 5.74) is 11.7. The van der Waals surface area contributed by atoms with Crippen molar-refractivity contribution in [1.29, 1.82) is 0 Å². The van der Waals surface area contributed by atoms with E-state index >= 15 is 0 Å². The monoisotopic (exact) mass is 422 g/mol. The fourth-order valence-corrected chi connectivity index (χ4v) is 4.74. The molecule has 1 saturated carbocycles. The van der Waals surface area contributed by atoms with E-state index in [1.807, 2.05) is 48.4 Å². The fraction of sp³-hybridized carbons (Fsp3) is 0.474. The third-order valence-corrected chi connectivity index (χ3v) is 6.53. The number of hydrazine groups is 1. The van der Waals surface area contributed by atoms with Gasteiger partial charge in [0.1, 0.15) is 16.7 Å². The number of nitrogens with zero attached hydrogens (tertiary/aromatic N) is 3. The van der Waals surface area contributed by atoms with Gasteiger partial charge < -0.3 is 16.0 Å². The van der Waals surface area contributed by atoms with Gasteiger partial charge in [-0.05, 0) is 25.0 Å². The SMILES string of the molecule is CN(C)c1sc(C(=O)NC2C(N)CCCC2(F)F)nc1C1=C2C=CC=CN2NC1. The molecule has 156 valence electrons. The molecule has 1 aromatic heterocycles. The molecular weight excluding hydrogens is 398 g/mol. The lowest BCUT2D eigenvalue weighted by atomic mass is 9.87. The molecule has 1 aliphatic carbocycles. The van der Waals surface area contributed by atoms with Crippen molar-refractivity contribution in [3.63, 3.8) is 0 Å². The maximum atomic E-state index is 14.3. The smallest absolute Gasteiger partial charge is 0.280 e. The van der Waals surface area contributed by atoms with Crippen molar-refractivity contribution in [3.8, 4) is 0 Å². The van der Waals surface area contributed by atoms with E-state index in [-0.39, 0.29) is 11.4 Å². The van der Waals surface area contributed by atoms with Gasteiger partial charge in [0.25, 0.3) is 11.8 Å². The third-order valence-electron chi connectivity index (χ3n) is 5.31. The summed E-state index contributed by atoms with van der Waals surface area (Å²) in [6.45, 7) is 0.557. The molecule has 0 bridgehead atoms. The van der Waals surface area contributed by atoms with E-state index < -0.39 is 23.9 Å². The number of carbonyl (C=O) groups excluding carboxylic acids is 1. The predicted octanol–water partition coefficient (Wildman–Crippen LogP) is 2.07. The Morgan fingerprint density at radius 2 is 2.24 bits per heavy atom. The number of fused-ring (bicyclic) bond motifs is 1. The van der Waals surface area contributed by atoms with Crippen molar-refractivity contribution in [3.05, 3.63) is 40.8 Å². The zero-order valence-corrected chi connectivity index (χ0v) is 17.1. The number of thiazole rings is 1. The lowest BCUT2D eigenvalue weighted by Crippen LogP contribution is -2.59. The Hall–Kier alpha value is -2.30. The van der Waals surface area contributed by atoms with Crippen LogP contribution in [-0.4, -0.2) is 54.5 Å². The van der Waals surface area contributed by atoms with Crippen LogP contribution < -0.4 is 21.4 Å². The molecule has 0 aromatic carbocycles. The van der Waals surface area contributed by atoms with Crippen molar-refractivity contribution < 1.29 is 13.6 Å². The van der Waals surface area contributed by atoms with Crippen molar-refractivity contribution in [1.82, 2.24) is 20.7 Å². The second kappa shape index (κ2) is 7.51. The minimum atomic E-state index is -3.02. The average molecular weight is 423 g/mol. The van der Waals surface area contributed by atoms with E-state index in [2.05, 4.69) is 15.7 Å².